The van der Waals surface area contributed by atoms with Gasteiger partial charge in [-0.05, 0) is 81.9 Å². The van der Waals surface area contributed by atoms with Gasteiger partial charge in [0.2, 0.25) is 0 Å². The van der Waals surface area contributed by atoms with Crippen LogP contribution in [0.25, 0.3) is 5.00 Å². The average Bonchev–Trinajstić information content (AvgIpc) is 3.53. The van der Waals surface area contributed by atoms with Crippen LogP contribution in [-0.2, 0) is 4.74 Å². The van der Waals surface area contributed by atoms with Crippen LogP contribution < -0.4 is 5.32 Å². The van der Waals surface area contributed by atoms with Crippen molar-refractivity contribution in [2.24, 2.45) is 10.4 Å². The highest BCUT2D eigenvalue weighted by Gasteiger charge is 2.38. The lowest BCUT2D eigenvalue weighted by Crippen LogP contribution is -2.29. The molecule has 2 aliphatic heterocycles. The molecule has 1 spiro atoms. The van der Waals surface area contributed by atoms with E-state index in [4.69, 9.17) is 9.73 Å². The molecule has 0 amide bonds. The number of rotatable bonds is 4. The van der Waals surface area contributed by atoms with Gasteiger partial charge >= 0.3 is 0 Å². The van der Waals surface area contributed by atoms with Crippen LogP contribution >= 0.6 is 11.3 Å². The van der Waals surface area contributed by atoms with Crippen molar-refractivity contribution < 1.29 is 4.74 Å². The summed E-state index contributed by atoms with van der Waals surface area (Å²) in [7, 11) is 1.73. The smallest absolute Gasteiger partial charge is 0.165 e. The van der Waals surface area contributed by atoms with Crippen LogP contribution in [0, 0.1) is 26.2 Å². The second-order valence-corrected chi connectivity index (χ2v) is 11.9. The molecule has 1 aliphatic carbocycles. The van der Waals surface area contributed by atoms with Crippen LogP contribution in [0.3, 0.4) is 0 Å². The van der Waals surface area contributed by atoms with Crippen LogP contribution in [0.15, 0.2) is 29.3 Å². The van der Waals surface area contributed by atoms with E-state index in [0.29, 0.717) is 17.9 Å². The zero-order valence-electron chi connectivity index (χ0n) is 21.2. The number of thiophene rings is 1. The number of ether oxygens (including phenoxy) is 1. The topological polar surface area (TPSA) is 64.3 Å². The first kappa shape index (κ1) is 23.1. The Bertz CT molecular complexity index is 1260. The van der Waals surface area contributed by atoms with Crippen LogP contribution in [0.5, 0.6) is 0 Å². The van der Waals surface area contributed by atoms with E-state index in [0.717, 1.165) is 17.4 Å². The Kier molecular flexibility index (Phi) is 5.90. The van der Waals surface area contributed by atoms with Gasteiger partial charge in [-0.2, -0.15) is 0 Å². The Hall–Kier alpha value is -2.35. The maximum Gasteiger partial charge on any atom is 0.165 e. The average molecular weight is 490 g/mol. The van der Waals surface area contributed by atoms with Crippen molar-refractivity contribution in [3.8, 4) is 5.00 Å². The number of aliphatic imine (C=N–C) groups is 1. The minimum absolute atomic E-state index is 0.190. The molecule has 4 heterocycles. The summed E-state index contributed by atoms with van der Waals surface area (Å²) >= 11 is 1.80. The van der Waals surface area contributed by atoms with Crippen LogP contribution in [-0.4, -0.2) is 47.3 Å². The SMILES string of the molecule is COC[C@@H]1N=C(c2ccc(C3CCC4(CCNC4)CC3)cc2)c2c(sc(C)c2C)-n2c(C)nnc21. The number of fused-ring (bicyclic) bond motifs is 3. The molecule has 6 rings (SSSR count). The minimum Gasteiger partial charge on any atom is -0.382 e. The highest BCUT2D eigenvalue weighted by Crippen LogP contribution is 2.46. The lowest BCUT2D eigenvalue weighted by atomic mass is 9.68. The van der Waals surface area contributed by atoms with E-state index in [2.05, 4.69) is 58.2 Å². The third-order valence-electron chi connectivity index (χ3n) is 8.60. The van der Waals surface area contributed by atoms with Gasteiger partial charge in [0.25, 0.3) is 0 Å². The van der Waals surface area contributed by atoms with E-state index in [9.17, 15) is 0 Å². The summed E-state index contributed by atoms with van der Waals surface area (Å²) in [6.45, 7) is 9.31. The van der Waals surface area contributed by atoms with E-state index in [1.165, 1.54) is 77.3 Å². The normalized spacial score (nSPS) is 25.9. The van der Waals surface area contributed by atoms with E-state index in [-0.39, 0.29) is 6.04 Å². The molecule has 6 nitrogen and oxygen atoms in total. The number of benzene rings is 1. The fraction of sp³-hybridized carbons (Fsp3) is 0.536. The Morgan fingerprint density at radius 2 is 1.86 bits per heavy atom. The van der Waals surface area contributed by atoms with Gasteiger partial charge in [0, 0.05) is 29.7 Å². The van der Waals surface area contributed by atoms with Crippen molar-refractivity contribution in [3.63, 3.8) is 0 Å². The second-order valence-electron chi connectivity index (χ2n) is 10.7. The lowest BCUT2D eigenvalue weighted by Gasteiger charge is -2.37. The summed E-state index contributed by atoms with van der Waals surface area (Å²) in [6.07, 6.45) is 6.67. The van der Waals surface area contributed by atoms with E-state index < -0.39 is 0 Å². The predicted octanol–water partition coefficient (Wildman–Crippen LogP) is 5.43. The Labute approximate surface area is 211 Å². The molecule has 7 heteroatoms. The molecular weight excluding hydrogens is 454 g/mol. The van der Waals surface area contributed by atoms with Crippen LogP contribution in [0.1, 0.15) is 82.8 Å². The number of aromatic nitrogens is 3. The lowest BCUT2D eigenvalue weighted by molar-refractivity contribution is 0.178. The first-order valence-corrected chi connectivity index (χ1v) is 13.7. The zero-order chi connectivity index (χ0) is 24.2. The Morgan fingerprint density at radius 1 is 1.09 bits per heavy atom. The van der Waals surface area contributed by atoms with E-state index in [1.807, 2.05) is 6.92 Å². The quantitative estimate of drug-likeness (QED) is 0.531. The molecule has 0 radical (unpaired) electrons. The molecule has 0 bridgehead atoms. The Morgan fingerprint density at radius 3 is 2.54 bits per heavy atom. The molecule has 1 atom stereocenters. The number of nitrogens with one attached hydrogen (secondary N) is 1. The van der Waals surface area contributed by atoms with Crippen molar-refractivity contribution in [1.29, 1.82) is 0 Å². The van der Waals surface area contributed by atoms with E-state index >= 15 is 0 Å². The molecule has 0 unspecified atom stereocenters. The van der Waals surface area contributed by atoms with Crippen LogP contribution in [0.2, 0.25) is 0 Å². The summed E-state index contributed by atoms with van der Waals surface area (Å²) in [4.78, 5) is 6.57. The fourth-order valence-electron chi connectivity index (χ4n) is 6.36. The standard InChI is InChI=1S/C28H35N5OS/c1-17-18(2)35-27-24(17)25(30-23(15-34-4)26-32-31-19(3)33(26)27)22-7-5-20(6-8-22)21-9-11-28(12-10-21)13-14-29-16-28/h5-8,21,23,29H,9-16H2,1-4H3/t21?,23-,28?/m0/s1. The molecule has 1 N–H and O–H groups in total. The molecule has 1 saturated carbocycles. The molecule has 2 fully saturated rings. The van der Waals surface area contributed by atoms with Gasteiger partial charge in [0.1, 0.15) is 16.9 Å². The number of aryl methyl sites for hydroxylation is 2. The molecule has 3 aliphatic rings. The summed E-state index contributed by atoms with van der Waals surface area (Å²) in [5.74, 6) is 2.42. The fourth-order valence-corrected chi connectivity index (χ4v) is 7.57. The number of nitrogens with zero attached hydrogens (tertiary/aromatic N) is 4. The number of methoxy groups -OCH3 is 1. The van der Waals surface area contributed by atoms with Gasteiger partial charge in [-0.3, -0.25) is 9.56 Å². The molecule has 184 valence electrons. The highest BCUT2D eigenvalue weighted by atomic mass is 32.1. The Balaban J connectivity index is 1.35. The third-order valence-corrected chi connectivity index (χ3v) is 9.79. The maximum atomic E-state index is 5.57. The monoisotopic (exact) mass is 489 g/mol. The molecule has 1 aromatic carbocycles. The number of hydrogen-bond acceptors (Lipinski definition) is 6. The van der Waals surface area contributed by atoms with Crippen LogP contribution in [0.4, 0.5) is 0 Å². The van der Waals surface area contributed by atoms with Gasteiger partial charge in [0.15, 0.2) is 5.82 Å². The minimum atomic E-state index is -0.190. The summed E-state index contributed by atoms with van der Waals surface area (Å²) < 4.78 is 7.75. The highest BCUT2D eigenvalue weighted by molar-refractivity contribution is 7.15. The first-order valence-electron chi connectivity index (χ1n) is 12.9. The van der Waals surface area contributed by atoms with Crippen molar-refractivity contribution in [1.82, 2.24) is 20.1 Å². The van der Waals surface area contributed by atoms with Crippen molar-refractivity contribution >= 4 is 17.0 Å². The van der Waals surface area contributed by atoms with Crippen molar-refractivity contribution in [2.75, 3.05) is 26.8 Å². The van der Waals surface area contributed by atoms with Gasteiger partial charge in [0.05, 0.1) is 12.3 Å². The number of hydrogen-bond donors (Lipinski definition) is 1. The molecule has 2 aromatic heterocycles. The largest absolute Gasteiger partial charge is 0.382 e. The molecule has 3 aromatic rings. The van der Waals surface area contributed by atoms with E-state index in [1.54, 1.807) is 18.4 Å². The van der Waals surface area contributed by atoms with Gasteiger partial charge < -0.3 is 10.1 Å². The summed E-state index contributed by atoms with van der Waals surface area (Å²) in [5.41, 5.74) is 6.75. The summed E-state index contributed by atoms with van der Waals surface area (Å²) in [5, 5.41) is 13.7. The van der Waals surface area contributed by atoms with Gasteiger partial charge in [-0.1, -0.05) is 24.3 Å². The predicted molar refractivity (Wildman–Crippen MR) is 141 cm³/mol. The molecule has 1 saturated heterocycles. The molecular formula is C28H35N5OS. The molecule has 35 heavy (non-hydrogen) atoms. The van der Waals surface area contributed by atoms with Crippen molar-refractivity contribution in [3.05, 3.63) is 63.0 Å². The third kappa shape index (κ3) is 3.88. The zero-order valence-corrected chi connectivity index (χ0v) is 22.0. The maximum absolute atomic E-state index is 5.57. The van der Waals surface area contributed by atoms with Gasteiger partial charge in [-0.25, -0.2) is 0 Å². The van der Waals surface area contributed by atoms with Gasteiger partial charge in [-0.15, -0.1) is 21.5 Å². The summed E-state index contributed by atoms with van der Waals surface area (Å²) in [6, 6.07) is 9.08. The first-order chi connectivity index (χ1) is 17.0. The second kappa shape index (κ2) is 8.95. The van der Waals surface area contributed by atoms with Crippen molar-refractivity contribution in [2.45, 2.75) is 64.8 Å².